The quantitative estimate of drug-likeness (QED) is 0.664. The summed E-state index contributed by atoms with van der Waals surface area (Å²) in [5.41, 5.74) is 5.85. The summed E-state index contributed by atoms with van der Waals surface area (Å²) in [6.07, 6.45) is 3.74. The molecule has 3 fully saturated rings. The van der Waals surface area contributed by atoms with Crippen LogP contribution in [0, 0.1) is 5.82 Å². The first-order valence-corrected chi connectivity index (χ1v) is 9.51. The van der Waals surface area contributed by atoms with Gasteiger partial charge in [0.25, 0.3) is 11.8 Å². The maximum atomic E-state index is 14.6. The van der Waals surface area contributed by atoms with Crippen LogP contribution in [0.5, 0.6) is 0 Å². The number of hydrogen-bond donors (Lipinski definition) is 2. The van der Waals surface area contributed by atoms with Crippen molar-refractivity contribution < 1.29 is 23.5 Å². The number of amides is 3. The minimum absolute atomic E-state index is 0.0431. The lowest BCUT2D eigenvalue weighted by Crippen LogP contribution is -2.54. The van der Waals surface area contributed by atoms with Gasteiger partial charge in [0, 0.05) is 24.3 Å². The van der Waals surface area contributed by atoms with E-state index in [0.29, 0.717) is 18.8 Å². The van der Waals surface area contributed by atoms with Crippen molar-refractivity contribution in [3.8, 4) is 0 Å². The van der Waals surface area contributed by atoms with Crippen molar-refractivity contribution in [2.45, 2.75) is 43.8 Å². The van der Waals surface area contributed by atoms with E-state index in [1.54, 1.807) is 6.07 Å². The molecule has 1 heterocycles. The Kier molecular flexibility index (Phi) is 5.03. The molecule has 2 saturated carbocycles. The minimum atomic E-state index is -1.11. The molecule has 1 aromatic rings. The van der Waals surface area contributed by atoms with Crippen molar-refractivity contribution in [1.82, 2.24) is 4.90 Å². The Balaban J connectivity index is 1.50. The van der Waals surface area contributed by atoms with Crippen LogP contribution in [0.1, 0.15) is 25.7 Å². The van der Waals surface area contributed by atoms with Crippen molar-refractivity contribution in [1.29, 1.82) is 0 Å². The largest absolute Gasteiger partial charge is 0.370 e. The van der Waals surface area contributed by atoms with Gasteiger partial charge in [-0.05, 0) is 43.9 Å². The number of nitrogens with two attached hydrogens (primary N) is 1. The number of benzene rings is 1. The van der Waals surface area contributed by atoms with Gasteiger partial charge in [-0.15, -0.1) is 0 Å². The minimum Gasteiger partial charge on any atom is -0.370 e. The molecule has 3 aliphatic rings. The van der Waals surface area contributed by atoms with E-state index in [1.165, 1.54) is 17.0 Å². The zero-order valence-electron chi connectivity index (χ0n) is 15.4. The first-order valence-electron chi connectivity index (χ1n) is 9.51. The molecule has 3 N–H and O–H groups in total. The molecule has 0 bridgehead atoms. The zero-order chi connectivity index (χ0) is 19.8. The summed E-state index contributed by atoms with van der Waals surface area (Å²) in [7, 11) is 0. The van der Waals surface area contributed by atoms with Crippen LogP contribution in [-0.4, -0.2) is 60.5 Å². The molecule has 0 aromatic heterocycles. The number of morpholine rings is 1. The smallest absolute Gasteiger partial charge is 0.253 e. The van der Waals surface area contributed by atoms with Gasteiger partial charge in [-0.2, -0.15) is 0 Å². The number of nitrogens with zero attached hydrogens (tertiary/aromatic N) is 2. The van der Waals surface area contributed by atoms with Crippen LogP contribution >= 0.6 is 0 Å². The molecular weight excluding hydrogens is 367 g/mol. The van der Waals surface area contributed by atoms with Gasteiger partial charge < -0.3 is 20.7 Å². The van der Waals surface area contributed by atoms with Crippen LogP contribution in [0.15, 0.2) is 18.2 Å². The third kappa shape index (κ3) is 3.85. The van der Waals surface area contributed by atoms with Gasteiger partial charge in [0.2, 0.25) is 5.91 Å². The average Bonchev–Trinajstić information content (AvgIpc) is 3.55. The number of primary amides is 1. The molecule has 1 atom stereocenters. The van der Waals surface area contributed by atoms with E-state index < -0.39 is 23.7 Å². The van der Waals surface area contributed by atoms with E-state index in [9.17, 15) is 18.8 Å². The number of carbonyl (C=O) groups is 3. The highest BCUT2D eigenvalue weighted by atomic mass is 19.1. The fourth-order valence-corrected chi connectivity index (χ4v) is 3.64. The zero-order valence-corrected chi connectivity index (χ0v) is 15.4. The Morgan fingerprint density at radius 2 is 1.93 bits per heavy atom. The third-order valence-electron chi connectivity index (χ3n) is 5.26. The van der Waals surface area contributed by atoms with Crippen LogP contribution in [0.2, 0.25) is 0 Å². The Morgan fingerprint density at radius 1 is 1.25 bits per heavy atom. The number of anilines is 2. The highest BCUT2D eigenvalue weighted by Gasteiger charge is 2.47. The molecule has 2 aliphatic carbocycles. The number of rotatable bonds is 7. The molecule has 0 spiro atoms. The second kappa shape index (κ2) is 7.48. The van der Waals surface area contributed by atoms with Crippen LogP contribution in [0.4, 0.5) is 15.8 Å². The van der Waals surface area contributed by atoms with Gasteiger partial charge in [-0.1, -0.05) is 0 Å². The second-order valence-electron chi connectivity index (χ2n) is 7.47. The monoisotopic (exact) mass is 390 g/mol. The van der Waals surface area contributed by atoms with Crippen molar-refractivity contribution in [3.63, 3.8) is 0 Å². The molecule has 9 heteroatoms. The molecule has 1 aromatic carbocycles. The maximum absolute atomic E-state index is 14.6. The van der Waals surface area contributed by atoms with Crippen LogP contribution in [0.3, 0.4) is 0 Å². The van der Waals surface area contributed by atoms with E-state index in [4.69, 9.17) is 10.5 Å². The Bertz CT molecular complexity index is 797. The first kappa shape index (κ1) is 18.8. The van der Waals surface area contributed by atoms with E-state index in [1.807, 2.05) is 4.90 Å². The predicted octanol–water partition coefficient (Wildman–Crippen LogP) is 0.608. The lowest BCUT2D eigenvalue weighted by Gasteiger charge is -2.29. The number of hydrogen-bond acceptors (Lipinski definition) is 5. The maximum Gasteiger partial charge on any atom is 0.253 e. The van der Waals surface area contributed by atoms with E-state index in [-0.39, 0.29) is 30.3 Å². The van der Waals surface area contributed by atoms with Gasteiger partial charge in [-0.25, -0.2) is 4.39 Å². The summed E-state index contributed by atoms with van der Waals surface area (Å²) < 4.78 is 19.7. The summed E-state index contributed by atoms with van der Waals surface area (Å²) in [5, 5.41) is 2.49. The molecule has 28 heavy (non-hydrogen) atoms. The predicted molar refractivity (Wildman–Crippen MR) is 99.1 cm³/mol. The fraction of sp³-hybridized carbons (Fsp3) is 0.526. The fourth-order valence-electron chi connectivity index (χ4n) is 3.64. The lowest BCUT2D eigenvalue weighted by atomic mass is 10.1. The standard InChI is InChI=1S/C19H23FN4O4/c20-14-9-13(23-7-8-28-10-16(23)25)5-6-15(14)22-19(27)17(18(21)26)24(11-1-2-11)12-3-4-12/h5-6,9,11-12,17H,1-4,7-8,10H2,(H2,21,26)(H,22,27)/t17-/m1/s1. The third-order valence-corrected chi connectivity index (χ3v) is 5.26. The van der Waals surface area contributed by atoms with Gasteiger partial charge >= 0.3 is 0 Å². The Labute approximate surface area is 161 Å². The van der Waals surface area contributed by atoms with Crippen molar-refractivity contribution in [2.75, 3.05) is 30.0 Å². The van der Waals surface area contributed by atoms with Gasteiger partial charge in [-0.3, -0.25) is 19.3 Å². The van der Waals surface area contributed by atoms with E-state index >= 15 is 0 Å². The van der Waals surface area contributed by atoms with Crippen LogP contribution in [0.25, 0.3) is 0 Å². The molecule has 1 saturated heterocycles. The van der Waals surface area contributed by atoms with Crippen LogP contribution in [-0.2, 0) is 19.1 Å². The summed E-state index contributed by atoms with van der Waals surface area (Å²) in [4.78, 5) is 40.0. The van der Waals surface area contributed by atoms with Gasteiger partial charge in [0.05, 0.1) is 12.3 Å². The van der Waals surface area contributed by atoms with Crippen molar-refractivity contribution in [3.05, 3.63) is 24.0 Å². The van der Waals surface area contributed by atoms with E-state index in [2.05, 4.69) is 5.32 Å². The highest BCUT2D eigenvalue weighted by molar-refractivity contribution is 6.09. The first-order chi connectivity index (χ1) is 13.5. The normalized spacial score (nSPS) is 20.9. The van der Waals surface area contributed by atoms with Crippen LogP contribution < -0.4 is 16.0 Å². The molecule has 4 rings (SSSR count). The second-order valence-corrected chi connectivity index (χ2v) is 7.47. The van der Waals surface area contributed by atoms with E-state index in [0.717, 1.165) is 25.7 Å². The number of ether oxygens (including phenoxy) is 1. The van der Waals surface area contributed by atoms with Gasteiger partial charge in [0.1, 0.15) is 12.4 Å². The number of halogens is 1. The SMILES string of the molecule is NC(=O)[C@H](C(=O)Nc1ccc(N2CCOCC2=O)cc1F)N(C1CC1)C1CC1. The van der Waals surface area contributed by atoms with Gasteiger partial charge in [0.15, 0.2) is 6.04 Å². The average molecular weight is 390 g/mol. The topological polar surface area (TPSA) is 105 Å². The Hall–Kier alpha value is -2.52. The summed E-state index contributed by atoms with van der Waals surface area (Å²) in [6.45, 7) is 0.675. The Morgan fingerprint density at radius 3 is 2.46 bits per heavy atom. The molecule has 1 aliphatic heterocycles. The summed E-state index contributed by atoms with van der Waals surface area (Å²) in [6, 6.07) is 3.41. The van der Waals surface area contributed by atoms with Crippen molar-refractivity contribution >= 4 is 29.1 Å². The summed E-state index contributed by atoms with van der Waals surface area (Å²) >= 11 is 0. The molecule has 150 valence electrons. The molecule has 3 amide bonds. The number of carbonyl (C=O) groups excluding carboxylic acids is 3. The number of nitrogens with one attached hydrogen (secondary N) is 1. The lowest BCUT2D eigenvalue weighted by molar-refractivity contribution is -0.133. The molecular formula is C19H23FN4O4. The summed E-state index contributed by atoms with van der Waals surface area (Å²) in [5.74, 6) is -2.29. The molecule has 8 nitrogen and oxygen atoms in total. The molecule has 0 unspecified atom stereocenters. The highest BCUT2D eigenvalue weighted by Crippen LogP contribution is 2.39. The molecule has 0 radical (unpaired) electrons. The van der Waals surface area contributed by atoms with Crippen molar-refractivity contribution in [2.24, 2.45) is 5.73 Å².